The number of nitrogens with one attached hydrogen (secondary N) is 2. The van der Waals surface area contributed by atoms with E-state index < -0.39 is 5.97 Å². The van der Waals surface area contributed by atoms with Gasteiger partial charge in [0.1, 0.15) is 5.69 Å². The standard InChI is InChI=1S/C14H16N2O4/c1-19-5-2-6-20-14(18)13-8-10-7-11(15-9-17)3-4-12(10)16-13/h3-4,7-9,16H,2,5-6H2,1H3,(H,15,17). The number of esters is 1. The molecule has 0 atom stereocenters. The Labute approximate surface area is 116 Å². The molecule has 1 aromatic carbocycles. The topological polar surface area (TPSA) is 80.4 Å². The number of methoxy groups -OCH3 is 1. The molecule has 2 aromatic rings. The van der Waals surface area contributed by atoms with Gasteiger partial charge in [0.15, 0.2) is 0 Å². The van der Waals surface area contributed by atoms with Crippen LogP contribution in [0.15, 0.2) is 24.3 Å². The monoisotopic (exact) mass is 276 g/mol. The van der Waals surface area contributed by atoms with E-state index >= 15 is 0 Å². The molecule has 0 bridgehead atoms. The summed E-state index contributed by atoms with van der Waals surface area (Å²) in [6.45, 7) is 0.876. The van der Waals surface area contributed by atoms with Crippen molar-refractivity contribution in [2.45, 2.75) is 6.42 Å². The van der Waals surface area contributed by atoms with Gasteiger partial charge in [0.05, 0.1) is 6.61 Å². The third-order valence-electron chi connectivity index (χ3n) is 2.79. The molecule has 20 heavy (non-hydrogen) atoms. The van der Waals surface area contributed by atoms with Crippen LogP contribution in [0.4, 0.5) is 5.69 Å². The molecule has 0 aliphatic rings. The van der Waals surface area contributed by atoms with Gasteiger partial charge in [-0.2, -0.15) is 0 Å². The molecule has 0 aliphatic heterocycles. The van der Waals surface area contributed by atoms with E-state index in [0.29, 0.717) is 37.4 Å². The van der Waals surface area contributed by atoms with E-state index in [1.54, 1.807) is 31.4 Å². The summed E-state index contributed by atoms with van der Waals surface area (Å²) in [7, 11) is 1.60. The largest absolute Gasteiger partial charge is 0.461 e. The van der Waals surface area contributed by atoms with Crippen LogP contribution in [-0.4, -0.2) is 37.7 Å². The van der Waals surface area contributed by atoms with Crippen LogP contribution >= 0.6 is 0 Å². The molecule has 0 radical (unpaired) electrons. The van der Waals surface area contributed by atoms with Crippen molar-refractivity contribution in [3.05, 3.63) is 30.0 Å². The number of hydrogen-bond acceptors (Lipinski definition) is 4. The van der Waals surface area contributed by atoms with E-state index in [1.165, 1.54) is 0 Å². The summed E-state index contributed by atoms with van der Waals surface area (Å²) in [5.41, 5.74) is 1.87. The minimum atomic E-state index is -0.401. The Morgan fingerprint density at radius 2 is 2.20 bits per heavy atom. The molecule has 1 amide bonds. The first-order valence-corrected chi connectivity index (χ1v) is 6.23. The molecule has 0 fully saturated rings. The Bertz CT molecular complexity index is 606. The van der Waals surface area contributed by atoms with Gasteiger partial charge in [0, 0.05) is 36.7 Å². The zero-order valence-electron chi connectivity index (χ0n) is 11.1. The molecule has 0 unspecified atom stereocenters. The summed E-state index contributed by atoms with van der Waals surface area (Å²) in [4.78, 5) is 25.2. The van der Waals surface area contributed by atoms with Gasteiger partial charge in [0.2, 0.25) is 6.41 Å². The molecule has 106 valence electrons. The van der Waals surface area contributed by atoms with Gasteiger partial charge >= 0.3 is 5.97 Å². The maximum absolute atomic E-state index is 11.8. The van der Waals surface area contributed by atoms with E-state index in [2.05, 4.69) is 10.3 Å². The van der Waals surface area contributed by atoms with Gasteiger partial charge in [-0.25, -0.2) is 4.79 Å². The van der Waals surface area contributed by atoms with Crippen molar-refractivity contribution >= 4 is 29.0 Å². The van der Waals surface area contributed by atoms with Gasteiger partial charge in [-0.05, 0) is 24.3 Å². The number of hydrogen-bond donors (Lipinski definition) is 2. The van der Waals surface area contributed by atoms with Crippen molar-refractivity contribution in [1.29, 1.82) is 0 Å². The fraction of sp³-hybridized carbons (Fsp3) is 0.286. The summed E-state index contributed by atoms with van der Waals surface area (Å²) < 4.78 is 9.99. The highest BCUT2D eigenvalue weighted by molar-refractivity contribution is 5.96. The predicted octanol–water partition coefficient (Wildman–Crippen LogP) is 1.93. The van der Waals surface area contributed by atoms with Crippen LogP contribution < -0.4 is 5.32 Å². The Morgan fingerprint density at radius 3 is 2.95 bits per heavy atom. The summed E-state index contributed by atoms with van der Waals surface area (Å²) in [5.74, 6) is -0.401. The van der Waals surface area contributed by atoms with Crippen molar-refractivity contribution in [3.63, 3.8) is 0 Å². The maximum atomic E-state index is 11.8. The number of benzene rings is 1. The second-order valence-corrected chi connectivity index (χ2v) is 4.23. The summed E-state index contributed by atoms with van der Waals surface area (Å²) in [6, 6.07) is 7.02. The first-order chi connectivity index (χ1) is 9.74. The lowest BCUT2D eigenvalue weighted by Gasteiger charge is -2.02. The third-order valence-corrected chi connectivity index (χ3v) is 2.79. The Kier molecular flexibility index (Phi) is 4.73. The van der Waals surface area contributed by atoms with E-state index in [9.17, 15) is 9.59 Å². The number of carbonyl (C=O) groups is 2. The second-order valence-electron chi connectivity index (χ2n) is 4.23. The fourth-order valence-electron chi connectivity index (χ4n) is 1.85. The quantitative estimate of drug-likeness (QED) is 0.460. The fourth-order valence-corrected chi connectivity index (χ4v) is 1.85. The summed E-state index contributed by atoms with van der Waals surface area (Å²) >= 11 is 0. The molecule has 1 heterocycles. The number of rotatable bonds is 7. The van der Waals surface area contributed by atoms with E-state index in [-0.39, 0.29) is 0 Å². The van der Waals surface area contributed by atoms with Crippen LogP contribution in [0.2, 0.25) is 0 Å². The molecule has 0 aliphatic carbocycles. The maximum Gasteiger partial charge on any atom is 0.354 e. The van der Waals surface area contributed by atoms with E-state index in [4.69, 9.17) is 9.47 Å². The Balaban J connectivity index is 2.06. The SMILES string of the molecule is COCCCOC(=O)c1cc2cc(NC=O)ccc2[nH]1. The number of aromatic amines is 1. The number of ether oxygens (including phenoxy) is 2. The minimum Gasteiger partial charge on any atom is -0.461 e. The lowest BCUT2D eigenvalue weighted by molar-refractivity contribution is -0.105. The van der Waals surface area contributed by atoms with Gasteiger partial charge in [-0.15, -0.1) is 0 Å². The number of fused-ring (bicyclic) bond motifs is 1. The second kappa shape index (κ2) is 6.72. The molecule has 6 nitrogen and oxygen atoms in total. The first kappa shape index (κ1) is 14.1. The highest BCUT2D eigenvalue weighted by Crippen LogP contribution is 2.20. The smallest absolute Gasteiger partial charge is 0.354 e. The number of amides is 1. The Hall–Kier alpha value is -2.34. The van der Waals surface area contributed by atoms with Crippen molar-refractivity contribution < 1.29 is 19.1 Å². The lowest BCUT2D eigenvalue weighted by Crippen LogP contribution is -2.08. The molecule has 2 N–H and O–H groups in total. The van der Waals surface area contributed by atoms with Crippen LogP contribution in [-0.2, 0) is 14.3 Å². The van der Waals surface area contributed by atoms with Crippen molar-refractivity contribution in [2.75, 3.05) is 25.6 Å². The zero-order chi connectivity index (χ0) is 14.4. The highest BCUT2D eigenvalue weighted by atomic mass is 16.5. The number of H-pyrrole nitrogens is 1. The van der Waals surface area contributed by atoms with Crippen LogP contribution in [0.3, 0.4) is 0 Å². The van der Waals surface area contributed by atoms with Crippen LogP contribution in [0.5, 0.6) is 0 Å². The van der Waals surface area contributed by atoms with Gasteiger partial charge in [0.25, 0.3) is 0 Å². The molecule has 1 aromatic heterocycles. The predicted molar refractivity (Wildman–Crippen MR) is 74.8 cm³/mol. The lowest BCUT2D eigenvalue weighted by atomic mass is 10.2. The van der Waals surface area contributed by atoms with Gasteiger partial charge in [-0.3, -0.25) is 4.79 Å². The average Bonchev–Trinajstić information content (AvgIpc) is 2.87. The summed E-state index contributed by atoms with van der Waals surface area (Å²) in [6.07, 6.45) is 1.27. The van der Waals surface area contributed by atoms with Gasteiger partial charge in [-0.1, -0.05) is 0 Å². The third kappa shape index (κ3) is 3.36. The number of carbonyl (C=O) groups excluding carboxylic acids is 2. The Morgan fingerprint density at radius 1 is 1.35 bits per heavy atom. The number of aromatic nitrogens is 1. The molecule has 6 heteroatoms. The molecular formula is C14H16N2O4. The molecule has 0 saturated carbocycles. The van der Waals surface area contributed by atoms with Gasteiger partial charge < -0.3 is 19.8 Å². The van der Waals surface area contributed by atoms with Crippen molar-refractivity contribution in [3.8, 4) is 0 Å². The van der Waals surface area contributed by atoms with Crippen LogP contribution in [0, 0.1) is 0 Å². The zero-order valence-corrected chi connectivity index (χ0v) is 11.1. The highest BCUT2D eigenvalue weighted by Gasteiger charge is 2.11. The number of anilines is 1. The van der Waals surface area contributed by atoms with E-state index in [1.807, 2.05) is 0 Å². The normalized spacial score (nSPS) is 10.4. The molecular weight excluding hydrogens is 260 g/mol. The molecule has 2 rings (SSSR count). The first-order valence-electron chi connectivity index (χ1n) is 6.23. The van der Waals surface area contributed by atoms with Crippen LogP contribution in [0.1, 0.15) is 16.9 Å². The molecule has 0 spiro atoms. The van der Waals surface area contributed by atoms with E-state index in [0.717, 1.165) is 10.9 Å². The average molecular weight is 276 g/mol. The van der Waals surface area contributed by atoms with Crippen molar-refractivity contribution in [1.82, 2.24) is 4.98 Å². The minimum absolute atomic E-state index is 0.319. The molecule has 0 saturated heterocycles. The van der Waals surface area contributed by atoms with Crippen LogP contribution in [0.25, 0.3) is 10.9 Å². The van der Waals surface area contributed by atoms with Crippen molar-refractivity contribution in [2.24, 2.45) is 0 Å². The summed E-state index contributed by atoms with van der Waals surface area (Å²) in [5, 5.41) is 3.40.